The van der Waals surface area contributed by atoms with E-state index >= 15 is 0 Å². The maximum absolute atomic E-state index is 13.1. The number of oxazole rings is 1. The maximum atomic E-state index is 13.1. The number of nitrogens with one attached hydrogen (secondary N) is 2. The Bertz CT molecular complexity index is 1280. The van der Waals surface area contributed by atoms with Gasteiger partial charge >= 0.3 is 0 Å². The molecule has 166 valence electrons. The molecule has 8 nitrogen and oxygen atoms in total. The smallest absolute Gasteiger partial charge is 0.277 e. The van der Waals surface area contributed by atoms with Gasteiger partial charge in [-0.2, -0.15) is 5.10 Å². The lowest BCUT2D eigenvalue weighted by Crippen LogP contribution is -2.24. The van der Waals surface area contributed by atoms with Crippen molar-refractivity contribution in [2.24, 2.45) is 0 Å². The van der Waals surface area contributed by atoms with Gasteiger partial charge in [0, 0.05) is 35.2 Å². The van der Waals surface area contributed by atoms with Crippen molar-refractivity contribution >= 4 is 23.2 Å². The van der Waals surface area contributed by atoms with Gasteiger partial charge in [0.2, 0.25) is 11.8 Å². The number of hydrogen-bond donors (Lipinski definition) is 2. The van der Waals surface area contributed by atoms with E-state index in [0.29, 0.717) is 28.7 Å². The second-order valence-corrected chi connectivity index (χ2v) is 8.06. The summed E-state index contributed by atoms with van der Waals surface area (Å²) in [5.41, 5.74) is 2.26. The van der Waals surface area contributed by atoms with Gasteiger partial charge in [-0.25, -0.2) is 4.98 Å². The molecule has 2 amide bonds. The molecule has 0 saturated heterocycles. The van der Waals surface area contributed by atoms with Gasteiger partial charge in [0.05, 0.1) is 0 Å². The highest BCUT2D eigenvalue weighted by atomic mass is 16.4. The molecule has 0 aliphatic heterocycles. The van der Waals surface area contributed by atoms with E-state index in [0.717, 1.165) is 18.4 Å². The molecule has 1 atom stereocenters. The van der Waals surface area contributed by atoms with Crippen molar-refractivity contribution in [1.82, 2.24) is 14.8 Å². The summed E-state index contributed by atoms with van der Waals surface area (Å²) in [5, 5.41) is 9.85. The normalized spacial score (nSPS) is 14.0. The van der Waals surface area contributed by atoms with Crippen molar-refractivity contribution in [3.63, 3.8) is 0 Å². The first-order chi connectivity index (χ1) is 16.1. The lowest BCUT2D eigenvalue weighted by molar-refractivity contribution is -0.119. The number of benzene rings is 2. The quantitative estimate of drug-likeness (QED) is 0.426. The summed E-state index contributed by atoms with van der Waals surface area (Å²) in [4.78, 5) is 30.1. The number of anilines is 2. The Kier molecular flexibility index (Phi) is 5.48. The van der Waals surface area contributed by atoms with Gasteiger partial charge in [0.1, 0.15) is 11.8 Å². The molecule has 2 N–H and O–H groups in total. The first-order valence-corrected chi connectivity index (χ1v) is 10.9. The number of nitrogens with zero attached hydrogens (tertiary/aromatic N) is 3. The Balaban J connectivity index is 1.32. The molecule has 4 aromatic rings. The molecule has 5 rings (SSSR count). The van der Waals surface area contributed by atoms with E-state index in [4.69, 9.17) is 4.42 Å². The van der Waals surface area contributed by atoms with Crippen LogP contribution in [0, 0.1) is 0 Å². The second kappa shape index (κ2) is 8.74. The van der Waals surface area contributed by atoms with Crippen molar-refractivity contribution in [3.8, 4) is 11.5 Å². The van der Waals surface area contributed by atoms with Gasteiger partial charge in [-0.15, -0.1) is 0 Å². The summed E-state index contributed by atoms with van der Waals surface area (Å²) in [6, 6.07) is 17.8. The Hall–Kier alpha value is -4.20. The lowest BCUT2D eigenvalue weighted by atomic mass is 10.2. The summed E-state index contributed by atoms with van der Waals surface area (Å²) in [6.07, 6.45) is 5.34. The van der Waals surface area contributed by atoms with E-state index in [-0.39, 0.29) is 17.7 Å². The number of carbonyl (C=O) groups is 2. The number of amides is 2. The molecular weight excluding hydrogens is 418 g/mol. The van der Waals surface area contributed by atoms with Crippen LogP contribution in [0.5, 0.6) is 0 Å². The second-order valence-electron chi connectivity index (χ2n) is 8.06. The van der Waals surface area contributed by atoms with Crippen molar-refractivity contribution in [1.29, 1.82) is 0 Å². The van der Waals surface area contributed by atoms with Gasteiger partial charge in [-0.3, -0.25) is 14.3 Å². The molecule has 1 aliphatic rings. The zero-order chi connectivity index (χ0) is 22.8. The highest BCUT2D eigenvalue weighted by molar-refractivity contribution is 6.04. The van der Waals surface area contributed by atoms with Gasteiger partial charge in [0.25, 0.3) is 5.91 Å². The lowest BCUT2D eigenvalue weighted by Gasteiger charge is -2.13. The van der Waals surface area contributed by atoms with Crippen LogP contribution in [-0.2, 0) is 4.79 Å². The maximum Gasteiger partial charge on any atom is 0.277 e. The molecule has 1 fully saturated rings. The fraction of sp³-hybridized carbons (Fsp3) is 0.200. The van der Waals surface area contributed by atoms with Crippen LogP contribution in [0.25, 0.3) is 11.5 Å². The van der Waals surface area contributed by atoms with Crippen molar-refractivity contribution in [2.75, 3.05) is 10.6 Å². The van der Waals surface area contributed by atoms with E-state index in [1.807, 2.05) is 30.3 Å². The SMILES string of the molecule is CC(C(=O)Nc1cccc(NC(=O)c2nc(-c3ccccc3)oc2C2CC2)c1)n1cccn1. The summed E-state index contributed by atoms with van der Waals surface area (Å²) < 4.78 is 7.56. The van der Waals surface area contributed by atoms with E-state index in [9.17, 15) is 9.59 Å². The average Bonchev–Trinajstić information content (AvgIpc) is 3.34. The van der Waals surface area contributed by atoms with Crippen LogP contribution in [0.3, 0.4) is 0 Å². The topological polar surface area (TPSA) is 102 Å². The summed E-state index contributed by atoms with van der Waals surface area (Å²) >= 11 is 0. The minimum absolute atomic E-state index is 0.206. The first-order valence-electron chi connectivity index (χ1n) is 10.9. The third kappa shape index (κ3) is 4.55. The van der Waals surface area contributed by atoms with E-state index in [1.165, 1.54) is 0 Å². The van der Waals surface area contributed by atoms with Gasteiger partial charge in [-0.05, 0) is 56.2 Å². The fourth-order valence-electron chi connectivity index (χ4n) is 3.56. The van der Waals surface area contributed by atoms with E-state index in [2.05, 4.69) is 20.7 Å². The van der Waals surface area contributed by atoms with Crippen LogP contribution >= 0.6 is 0 Å². The molecule has 2 aromatic carbocycles. The Morgan fingerprint density at radius 2 is 1.79 bits per heavy atom. The number of hydrogen-bond acceptors (Lipinski definition) is 5. The van der Waals surface area contributed by atoms with E-state index < -0.39 is 6.04 Å². The molecule has 2 aromatic heterocycles. The van der Waals surface area contributed by atoms with Crippen molar-refractivity contribution in [3.05, 3.63) is 84.5 Å². The predicted octanol–water partition coefficient (Wildman–Crippen LogP) is 4.87. The molecule has 1 aliphatic carbocycles. The number of rotatable bonds is 7. The fourth-order valence-corrected chi connectivity index (χ4v) is 3.56. The molecule has 0 radical (unpaired) electrons. The summed E-state index contributed by atoms with van der Waals surface area (Å²) in [5.74, 6) is 0.753. The van der Waals surface area contributed by atoms with Crippen LogP contribution in [0.4, 0.5) is 11.4 Å². The van der Waals surface area contributed by atoms with E-state index in [1.54, 1.807) is 54.3 Å². The molecule has 8 heteroatoms. The van der Waals surface area contributed by atoms with Crippen LogP contribution < -0.4 is 10.6 Å². The highest BCUT2D eigenvalue weighted by Crippen LogP contribution is 2.43. The standard InChI is InChI=1S/C25H23N5O3/c1-16(30-14-6-13-26-30)23(31)27-19-9-5-10-20(15-19)28-24(32)21-22(17-11-12-17)33-25(29-21)18-7-3-2-4-8-18/h2-10,13-17H,11-12H2,1H3,(H,27,31)(H,28,32). The minimum atomic E-state index is -0.467. The van der Waals surface area contributed by atoms with Gasteiger partial charge < -0.3 is 15.1 Å². The third-order valence-electron chi connectivity index (χ3n) is 5.53. The van der Waals surface area contributed by atoms with Crippen molar-refractivity contribution in [2.45, 2.75) is 31.7 Å². The van der Waals surface area contributed by atoms with Crippen LogP contribution in [0.15, 0.2) is 77.5 Å². The Morgan fingerprint density at radius 1 is 1.03 bits per heavy atom. The monoisotopic (exact) mass is 441 g/mol. The highest BCUT2D eigenvalue weighted by Gasteiger charge is 2.34. The van der Waals surface area contributed by atoms with Crippen LogP contribution in [-0.4, -0.2) is 26.6 Å². The number of carbonyl (C=O) groups excluding carboxylic acids is 2. The average molecular weight is 441 g/mol. The summed E-state index contributed by atoms with van der Waals surface area (Å²) in [7, 11) is 0. The first kappa shape index (κ1) is 20.7. The molecular formula is C25H23N5O3. The Morgan fingerprint density at radius 3 is 2.48 bits per heavy atom. The van der Waals surface area contributed by atoms with Crippen LogP contribution in [0.2, 0.25) is 0 Å². The number of aromatic nitrogens is 3. The molecule has 33 heavy (non-hydrogen) atoms. The molecule has 0 spiro atoms. The third-order valence-corrected chi connectivity index (χ3v) is 5.53. The van der Waals surface area contributed by atoms with Crippen LogP contribution in [0.1, 0.15) is 48.0 Å². The Labute approximate surface area is 190 Å². The largest absolute Gasteiger partial charge is 0.440 e. The molecule has 2 heterocycles. The molecule has 1 saturated carbocycles. The molecule has 1 unspecified atom stereocenters. The zero-order valence-electron chi connectivity index (χ0n) is 18.1. The van der Waals surface area contributed by atoms with Gasteiger partial charge in [0.15, 0.2) is 5.69 Å². The minimum Gasteiger partial charge on any atom is -0.440 e. The zero-order valence-corrected chi connectivity index (χ0v) is 18.1. The summed E-state index contributed by atoms with van der Waals surface area (Å²) in [6.45, 7) is 1.77. The van der Waals surface area contributed by atoms with Crippen molar-refractivity contribution < 1.29 is 14.0 Å². The molecule has 0 bridgehead atoms. The van der Waals surface area contributed by atoms with Gasteiger partial charge in [-0.1, -0.05) is 24.3 Å². The predicted molar refractivity (Wildman–Crippen MR) is 124 cm³/mol.